The van der Waals surface area contributed by atoms with Crippen LogP contribution in [0, 0.1) is 5.41 Å². The predicted molar refractivity (Wildman–Crippen MR) is 89.3 cm³/mol. The van der Waals surface area contributed by atoms with Crippen molar-refractivity contribution in [2.24, 2.45) is 10.5 Å². The number of hydrazone groups is 1. The highest BCUT2D eigenvalue weighted by Crippen LogP contribution is 2.20. The van der Waals surface area contributed by atoms with E-state index in [9.17, 15) is 9.90 Å². The number of nitrogens with one attached hydrogen (secondary N) is 1. The van der Waals surface area contributed by atoms with Gasteiger partial charge in [-0.15, -0.1) is 0 Å². The number of aliphatic hydroxyl groups is 1. The summed E-state index contributed by atoms with van der Waals surface area (Å²) in [5, 5.41) is 19.1. The Kier molecular flexibility index (Phi) is 4.86. The SMILES string of the molecule is CC1=NN(c2ccc(C(=O)NCC(O)C(C)(C)C)cc2)CC1. The average molecular weight is 303 g/mol. The van der Waals surface area contributed by atoms with E-state index in [1.54, 1.807) is 12.1 Å². The second-order valence-electron chi connectivity index (χ2n) is 6.85. The number of carbonyl (C=O) groups is 1. The fourth-order valence-corrected chi connectivity index (χ4v) is 2.14. The van der Waals surface area contributed by atoms with Gasteiger partial charge in [0.1, 0.15) is 0 Å². The van der Waals surface area contributed by atoms with Gasteiger partial charge in [0.15, 0.2) is 0 Å². The molecule has 1 atom stereocenters. The Morgan fingerprint density at radius 3 is 2.50 bits per heavy atom. The lowest BCUT2D eigenvalue weighted by molar-refractivity contribution is 0.0587. The monoisotopic (exact) mass is 303 g/mol. The molecule has 0 saturated carbocycles. The van der Waals surface area contributed by atoms with Gasteiger partial charge in [-0.3, -0.25) is 9.80 Å². The second kappa shape index (κ2) is 6.48. The standard InChI is InChI=1S/C17H25N3O2/c1-12-9-10-20(19-12)14-7-5-13(6-8-14)16(22)18-11-15(21)17(2,3)4/h5-8,15,21H,9-11H2,1-4H3,(H,18,22). The Morgan fingerprint density at radius 1 is 1.36 bits per heavy atom. The number of hydrogen-bond acceptors (Lipinski definition) is 4. The molecule has 0 bridgehead atoms. The third-order valence-electron chi connectivity index (χ3n) is 3.86. The number of aliphatic hydroxyl groups excluding tert-OH is 1. The van der Waals surface area contributed by atoms with E-state index in [1.165, 1.54) is 0 Å². The molecule has 0 aliphatic carbocycles. The number of nitrogens with zero attached hydrogens (tertiary/aromatic N) is 2. The Balaban J connectivity index is 1.94. The summed E-state index contributed by atoms with van der Waals surface area (Å²) in [4.78, 5) is 12.1. The summed E-state index contributed by atoms with van der Waals surface area (Å²) in [6.07, 6.45) is 0.407. The zero-order valence-electron chi connectivity index (χ0n) is 13.8. The molecule has 0 radical (unpaired) electrons. The molecule has 5 nitrogen and oxygen atoms in total. The first-order valence-electron chi connectivity index (χ1n) is 7.65. The minimum atomic E-state index is -0.572. The minimum Gasteiger partial charge on any atom is -0.391 e. The van der Waals surface area contributed by atoms with Crippen LogP contribution in [0.25, 0.3) is 0 Å². The third kappa shape index (κ3) is 4.07. The van der Waals surface area contributed by atoms with Gasteiger partial charge in [0.05, 0.1) is 11.8 Å². The molecule has 5 heteroatoms. The minimum absolute atomic E-state index is 0.170. The molecular weight excluding hydrogens is 278 g/mol. The molecule has 120 valence electrons. The number of amides is 1. The highest BCUT2D eigenvalue weighted by atomic mass is 16.3. The largest absolute Gasteiger partial charge is 0.391 e. The number of rotatable bonds is 4. The van der Waals surface area contributed by atoms with Gasteiger partial charge >= 0.3 is 0 Å². The molecule has 2 rings (SSSR count). The maximum atomic E-state index is 12.1. The molecule has 2 N–H and O–H groups in total. The summed E-state index contributed by atoms with van der Waals surface area (Å²) in [5.41, 5.74) is 2.45. The number of hydrogen-bond donors (Lipinski definition) is 2. The predicted octanol–water partition coefficient (Wildman–Crippen LogP) is 2.41. The van der Waals surface area contributed by atoms with Gasteiger partial charge in [0, 0.05) is 30.8 Å². The molecule has 1 amide bonds. The zero-order valence-corrected chi connectivity index (χ0v) is 13.8. The maximum absolute atomic E-state index is 12.1. The van der Waals surface area contributed by atoms with E-state index in [2.05, 4.69) is 10.4 Å². The van der Waals surface area contributed by atoms with Crippen LogP contribution in [-0.2, 0) is 0 Å². The number of carbonyl (C=O) groups excluding carboxylic acids is 1. The van der Waals surface area contributed by atoms with E-state index >= 15 is 0 Å². The maximum Gasteiger partial charge on any atom is 0.251 e. The van der Waals surface area contributed by atoms with Crippen molar-refractivity contribution in [2.75, 3.05) is 18.1 Å². The van der Waals surface area contributed by atoms with E-state index in [4.69, 9.17) is 0 Å². The van der Waals surface area contributed by atoms with Crippen molar-refractivity contribution >= 4 is 17.3 Å². The van der Waals surface area contributed by atoms with Crippen LogP contribution >= 0.6 is 0 Å². The molecule has 1 unspecified atom stereocenters. The van der Waals surface area contributed by atoms with Crippen molar-refractivity contribution in [3.63, 3.8) is 0 Å². The molecule has 0 spiro atoms. The molecule has 22 heavy (non-hydrogen) atoms. The third-order valence-corrected chi connectivity index (χ3v) is 3.86. The van der Waals surface area contributed by atoms with Crippen molar-refractivity contribution in [3.05, 3.63) is 29.8 Å². The molecule has 1 aromatic rings. The van der Waals surface area contributed by atoms with Gasteiger partial charge in [-0.05, 0) is 36.6 Å². The Hall–Kier alpha value is -1.88. The molecular formula is C17H25N3O2. The normalized spacial score (nSPS) is 16.4. The Labute approximate surface area is 132 Å². The Bertz CT molecular complexity index is 558. The van der Waals surface area contributed by atoms with Crippen molar-refractivity contribution < 1.29 is 9.90 Å². The van der Waals surface area contributed by atoms with Gasteiger partial charge in [0.25, 0.3) is 5.91 Å². The van der Waals surface area contributed by atoms with E-state index in [0.29, 0.717) is 5.56 Å². The zero-order chi connectivity index (χ0) is 16.3. The first-order valence-corrected chi connectivity index (χ1v) is 7.65. The quantitative estimate of drug-likeness (QED) is 0.897. The van der Waals surface area contributed by atoms with E-state index in [-0.39, 0.29) is 17.9 Å². The lowest BCUT2D eigenvalue weighted by Gasteiger charge is -2.25. The van der Waals surface area contributed by atoms with Crippen LogP contribution in [0.4, 0.5) is 5.69 Å². The van der Waals surface area contributed by atoms with Crippen molar-refractivity contribution in [2.45, 2.75) is 40.2 Å². The van der Waals surface area contributed by atoms with Gasteiger partial charge in [0.2, 0.25) is 0 Å². The fraction of sp³-hybridized carbons (Fsp3) is 0.529. The molecule has 0 saturated heterocycles. The first-order chi connectivity index (χ1) is 10.3. The molecule has 1 aliphatic heterocycles. The average Bonchev–Trinajstić information content (AvgIpc) is 2.90. The molecule has 1 aromatic carbocycles. The van der Waals surface area contributed by atoms with Gasteiger partial charge in [-0.2, -0.15) is 5.10 Å². The van der Waals surface area contributed by atoms with Gasteiger partial charge < -0.3 is 10.4 Å². The Morgan fingerprint density at radius 2 is 2.00 bits per heavy atom. The van der Waals surface area contributed by atoms with Crippen molar-refractivity contribution in [3.8, 4) is 0 Å². The smallest absolute Gasteiger partial charge is 0.251 e. The molecule has 0 aromatic heterocycles. The summed E-state index contributed by atoms with van der Waals surface area (Å²) < 4.78 is 0. The highest BCUT2D eigenvalue weighted by molar-refractivity contribution is 5.94. The van der Waals surface area contributed by atoms with Crippen LogP contribution < -0.4 is 10.3 Å². The van der Waals surface area contributed by atoms with E-state index in [1.807, 2.05) is 44.8 Å². The first kappa shape index (κ1) is 16.5. The van der Waals surface area contributed by atoms with Crippen molar-refractivity contribution in [1.29, 1.82) is 0 Å². The summed E-state index contributed by atoms with van der Waals surface area (Å²) in [6, 6.07) is 7.38. The second-order valence-corrected chi connectivity index (χ2v) is 6.85. The molecule has 0 fully saturated rings. The van der Waals surface area contributed by atoms with Gasteiger partial charge in [-0.25, -0.2) is 0 Å². The fourth-order valence-electron chi connectivity index (χ4n) is 2.14. The van der Waals surface area contributed by atoms with Crippen LogP contribution in [0.1, 0.15) is 44.5 Å². The van der Waals surface area contributed by atoms with Crippen LogP contribution in [0.5, 0.6) is 0 Å². The number of benzene rings is 1. The lowest BCUT2D eigenvalue weighted by Crippen LogP contribution is -2.39. The number of anilines is 1. The van der Waals surface area contributed by atoms with Crippen LogP contribution in [0.15, 0.2) is 29.4 Å². The van der Waals surface area contributed by atoms with Crippen molar-refractivity contribution in [1.82, 2.24) is 5.32 Å². The highest BCUT2D eigenvalue weighted by Gasteiger charge is 2.22. The van der Waals surface area contributed by atoms with Gasteiger partial charge in [-0.1, -0.05) is 20.8 Å². The summed E-state index contributed by atoms with van der Waals surface area (Å²) in [6.45, 7) is 8.97. The summed E-state index contributed by atoms with van der Waals surface area (Å²) in [7, 11) is 0. The topological polar surface area (TPSA) is 64.9 Å². The molecule has 1 heterocycles. The lowest BCUT2D eigenvalue weighted by atomic mass is 9.89. The van der Waals surface area contributed by atoms with Crippen LogP contribution in [0.2, 0.25) is 0 Å². The van der Waals surface area contributed by atoms with Crippen LogP contribution in [0.3, 0.4) is 0 Å². The molecule has 1 aliphatic rings. The van der Waals surface area contributed by atoms with E-state index < -0.39 is 6.10 Å². The van der Waals surface area contributed by atoms with E-state index in [0.717, 1.165) is 24.4 Å². The summed E-state index contributed by atoms with van der Waals surface area (Å²) in [5.74, 6) is -0.170. The summed E-state index contributed by atoms with van der Waals surface area (Å²) >= 11 is 0. The van der Waals surface area contributed by atoms with Crippen LogP contribution in [-0.4, -0.2) is 35.9 Å².